The molecule has 5 rings (SSSR count). The smallest absolute Gasteiger partial charge is 0.227 e. The summed E-state index contributed by atoms with van der Waals surface area (Å²) in [4.78, 5) is 29.1. The van der Waals surface area contributed by atoms with Gasteiger partial charge in [-0.3, -0.25) is 9.59 Å². The van der Waals surface area contributed by atoms with Crippen LogP contribution in [0.25, 0.3) is 11.1 Å². The van der Waals surface area contributed by atoms with Crippen LogP contribution in [0.15, 0.2) is 47.0 Å². The van der Waals surface area contributed by atoms with Crippen LogP contribution in [0.2, 0.25) is 0 Å². The van der Waals surface area contributed by atoms with Gasteiger partial charge in [-0.1, -0.05) is 61.2 Å². The van der Waals surface area contributed by atoms with E-state index in [9.17, 15) is 9.59 Å². The maximum atomic E-state index is 12.6. The van der Waals surface area contributed by atoms with E-state index in [1.54, 1.807) is 0 Å². The van der Waals surface area contributed by atoms with E-state index in [0.717, 1.165) is 50.6 Å². The first-order valence-corrected chi connectivity index (χ1v) is 12.2. The second-order valence-corrected chi connectivity index (χ2v) is 9.44. The fourth-order valence-electron chi connectivity index (χ4n) is 5.29. The molecule has 2 amide bonds. The van der Waals surface area contributed by atoms with Crippen LogP contribution in [0.3, 0.4) is 0 Å². The summed E-state index contributed by atoms with van der Waals surface area (Å²) < 4.78 is 5.47. The SMILES string of the molecule is CC(=O)NC1(c2noc(CCC(=O)Nc3ccc4c(c3)Cc3ccccc3-4)n2)CCCCCC1. The molecule has 0 spiro atoms. The maximum absolute atomic E-state index is 12.6. The van der Waals surface area contributed by atoms with Crippen molar-refractivity contribution in [1.29, 1.82) is 0 Å². The zero-order valence-corrected chi connectivity index (χ0v) is 19.5. The van der Waals surface area contributed by atoms with Crippen LogP contribution in [-0.2, 0) is 28.0 Å². The highest BCUT2D eigenvalue weighted by Crippen LogP contribution is 2.38. The molecule has 2 N–H and O–H groups in total. The quantitative estimate of drug-likeness (QED) is 0.401. The Morgan fingerprint density at radius 1 is 1.00 bits per heavy atom. The van der Waals surface area contributed by atoms with Gasteiger partial charge in [-0.05, 0) is 53.6 Å². The average Bonchev–Trinajstić information content (AvgIpc) is 3.37. The van der Waals surface area contributed by atoms with E-state index < -0.39 is 5.54 Å². The third-order valence-electron chi connectivity index (χ3n) is 6.91. The highest BCUT2D eigenvalue weighted by molar-refractivity contribution is 5.92. The van der Waals surface area contributed by atoms with Gasteiger partial charge in [0.2, 0.25) is 17.7 Å². The van der Waals surface area contributed by atoms with Crippen LogP contribution in [0.4, 0.5) is 5.69 Å². The van der Waals surface area contributed by atoms with E-state index in [0.29, 0.717) is 18.1 Å². The van der Waals surface area contributed by atoms with Crippen molar-refractivity contribution >= 4 is 17.5 Å². The van der Waals surface area contributed by atoms with Gasteiger partial charge in [0.25, 0.3) is 0 Å². The normalized spacial score (nSPS) is 16.3. The topological polar surface area (TPSA) is 97.1 Å². The maximum Gasteiger partial charge on any atom is 0.227 e. The minimum Gasteiger partial charge on any atom is -0.343 e. The number of nitrogens with one attached hydrogen (secondary N) is 2. The van der Waals surface area contributed by atoms with E-state index >= 15 is 0 Å². The lowest BCUT2D eigenvalue weighted by atomic mass is 9.89. The van der Waals surface area contributed by atoms with Crippen LogP contribution < -0.4 is 10.6 Å². The van der Waals surface area contributed by atoms with Gasteiger partial charge >= 0.3 is 0 Å². The zero-order valence-electron chi connectivity index (χ0n) is 19.5. The van der Waals surface area contributed by atoms with Crippen molar-refractivity contribution < 1.29 is 14.1 Å². The van der Waals surface area contributed by atoms with Gasteiger partial charge in [0.15, 0.2) is 5.82 Å². The summed E-state index contributed by atoms with van der Waals surface area (Å²) >= 11 is 0. The second kappa shape index (κ2) is 9.41. The molecule has 1 heterocycles. The molecule has 0 radical (unpaired) electrons. The minimum atomic E-state index is -0.575. The number of aryl methyl sites for hydroxylation is 1. The summed E-state index contributed by atoms with van der Waals surface area (Å²) in [7, 11) is 0. The zero-order chi connectivity index (χ0) is 23.5. The third kappa shape index (κ3) is 4.60. The Morgan fingerprint density at radius 2 is 1.76 bits per heavy atom. The molecule has 1 aromatic heterocycles. The van der Waals surface area contributed by atoms with E-state index in [2.05, 4.69) is 57.2 Å². The molecule has 1 fully saturated rings. The molecule has 0 aliphatic heterocycles. The van der Waals surface area contributed by atoms with Crippen LogP contribution >= 0.6 is 0 Å². The van der Waals surface area contributed by atoms with Gasteiger partial charge in [0, 0.05) is 25.5 Å². The fraction of sp³-hybridized carbons (Fsp3) is 0.407. The van der Waals surface area contributed by atoms with Crippen LogP contribution in [-0.4, -0.2) is 22.0 Å². The molecule has 2 aromatic carbocycles. The van der Waals surface area contributed by atoms with Crippen LogP contribution in [0.5, 0.6) is 0 Å². The lowest BCUT2D eigenvalue weighted by Crippen LogP contribution is -2.45. The molecule has 0 saturated heterocycles. The number of hydrogen-bond donors (Lipinski definition) is 2. The molecule has 176 valence electrons. The highest BCUT2D eigenvalue weighted by atomic mass is 16.5. The molecule has 7 nitrogen and oxygen atoms in total. The number of fused-ring (bicyclic) bond motifs is 3. The van der Waals surface area contributed by atoms with Gasteiger partial charge in [-0.2, -0.15) is 4.98 Å². The molecular weight excluding hydrogens is 428 g/mol. The lowest BCUT2D eigenvalue weighted by molar-refractivity contribution is -0.121. The number of carbonyl (C=O) groups excluding carboxylic acids is 2. The molecule has 1 saturated carbocycles. The number of carbonyl (C=O) groups is 2. The predicted octanol–water partition coefficient (Wildman–Crippen LogP) is 4.90. The van der Waals surface area contributed by atoms with Crippen molar-refractivity contribution in [2.24, 2.45) is 0 Å². The average molecular weight is 459 g/mol. The van der Waals surface area contributed by atoms with E-state index in [1.807, 2.05) is 6.07 Å². The number of benzene rings is 2. The number of rotatable bonds is 6. The molecule has 0 unspecified atom stereocenters. The van der Waals surface area contributed by atoms with Gasteiger partial charge in [0.1, 0.15) is 5.54 Å². The van der Waals surface area contributed by atoms with E-state index in [-0.39, 0.29) is 18.2 Å². The third-order valence-corrected chi connectivity index (χ3v) is 6.91. The van der Waals surface area contributed by atoms with Crippen molar-refractivity contribution in [2.75, 3.05) is 5.32 Å². The number of nitrogens with zero attached hydrogens (tertiary/aromatic N) is 2. The van der Waals surface area contributed by atoms with Crippen molar-refractivity contribution in [2.45, 2.75) is 70.3 Å². The van der Waals surface area contributed by atoms with Crippen molar-refractivity contribution in [3.63, 3.8) is 0 Å². The van der Waals surface area contributed by atoms with Crippen LogP contribution in [0.1, 0.15) is 74.7 Å². The van der Waals surface area contributed by atoms with E-state index in [4.69, 9.17) is 4.52 Å². The van der Waals surface area contributed by atoms with Gasteiger partial charge < -0.3 is 15.2 Å². The second-order valence-electron chi connectivity index (χ2n) is 9.44. The first kappa shape index (κ1) is 22.3. The van der Waals surface area contributed by atoms with Crippen LogP contribution in [0, 0.1) is 0 Å². The Bertz CT molecular complexity index is 1210. The Balaban J connectivity index is 1.21. The summed E-state index contributed by atoms with van der Waals surface area (Å²) in [6.07, 6.45) is 7.38. The monoisotopic (exact) mass is 458 g/mol. The van der Waals surface area contributed by atoms with Gasteiger partial charge in [-0.25, -0.2) is 0 Å². The van der Waals surface area contributed by atoms with E-state index in [1.165, 1.54) is 29.2 Å². The van der Waals surface area contributed by atoms with Gasteiger partial charge in [-0.15, -0.1) is 0 Å². The summed E-state index contributed by atoms with van der Waals surface area (Å²) in [5.41, 5.74) is 5.28. The summed E-state index contributed by atoms with van der Waals surface area (Å²) in [5, 5.41) is 10.3. The molecule has 2 aliphatic carbocycles. The number of hydrogen-bond acceptors (Lipinski definition) is 5. The number of amides is 2. The summed E-state index contributed by atoms with van der Waals surface area (Å²) in [6.45, 7) is 1.52. The highest BCUT2D eigenvalue weighted by Gasteiger charge is 2.38. The minimum absolute atomic E-state index is 0.0925. The molecule has 34 heavy (non-hydrogen) atoms. The number of aromatic nitrogens is 2. The Morgan fingerprint density at radius 3 is 2.56 bits per heavy atom. The largest absolute Gasteiger partial charge is 0.343 e. The molecule has 7 heteroatoms. The van der Waals surface area contributed by atoms with Crippen molar-refractivity contribution in [3.05, 3.63) is 65.3 Å². The Hall–Kier alpha value is -3.48. The fourth-order valence-corrected chi connectivity index (χ4v) is 5.29. The molecule has 2 aliphatic rings. The molecule has 0 bridgehead atoms. The molecule has 0 atom stereocenters. The standard InChI is InChI=1S/C27H30N4O3/c1-18(32)30-27(14-6-2-3-7-15-27)26-29-25(34-31-26)13-12-24(33)28-21-10-11-23-20(17-21)16-19-8-4-5-9-22(19)23/h4-5,8-11,17H,2-3,6-7,12-16H2,1H3,(H,28,33)(H,30,32). The first-order chi connectivity index (χ1) is 16.5. The van der Waals surface area contributed by atoms with Crippen molar-refractivity contribution in [3.8, 4) is 11.1 Å². The Kier molecular flexibility index (Phi) is 6.18. The number of anilines is 1. The Labute approximate surface area is 199 Å². The van der Waals surface area contributed by atoms with Gasteiger partial charge in [0.05, 0.1) is 0 Å². The lowest BCUT2D eigenvalue weighted by Gasteiger charge is -2.30. The molecular formula is C27H30N4O3. The summed E-state index contributed by atoms with van der Waals surface area (Å²) in [6, 6.07) is 14.5. The first-order valence-electron chi connectivity index (χ1n) is 12.2. The predicted molar refractivity (Wildman–Crippen MR) is 129 cm³/mol. The molecule has 3 aromatic rings. The summed E-state index contributed by atoms with van der Waals surface area (Å²) in [5.74, 6) is 0.757. The van der Waals surface area contributed by atoms with Crippen molar-refractivity contribution in [1.82, 2.24) is 15.5 Å².